The Hall–Kier alpha value is -5.58. The second kappa shape index (κ2) is 16.5. The highest BCUT2D eigenvalue weighted by Crippen LogP contribution is 2.52. The van der Waals surface area contributed by atoms with E-state index in [4.69, 9.17) is 4.42 Å². The molecule has 0 saturated heterocycles. The largest absolute Gasteiger partial charge is 0.456 e. The summed E-state index contributed by atoms with van der Waals surface area (Å²) in [7, 11) is -1.52. The predicted molar refractivity (Wildman–Crippen MR) is 304 cm³/mol. The number of fused-ring (bicyclic) bond motifs is 4. The molecule has 8 aromatic rings. The summed E-state index contributed by atoms with van der Waals surface area (Å²) in [6.45, 7) is 42.3. The maximum Gasteiger partial charge on any atom is 0.137 e. The van der Waals surface area contributed by atoms with Gasteiger partial charge in [0.25, 0.3) is 0 Å². The van der Waals surface area contributed by atoms with E-state index in [1.807, 2.05) is 0 Å². The summed E-state index contributed by atoms with van der Waals surface area (Å²) in [5.74, 6) is 0. The topological polar surface area (TPSA) is 19.6 Å². The third kappa shape index (κ3) is 9.08. The molecule has 1 aromatic heterocycles. The molecule has 1 heterocycles. The third-order valence-corrected chi connectivity index (χ3v) is 17.1. The highest BCUT2D eigenvalue weighted by Gasteiger charge is 2.36. The van der Waals surface area contributed by atoms with E-state index < -0.39 is 8.07 Å². The van der Waals surface area contributed by atoms with Crippen LogP contribution in [0.15, 0.2) is 126 Å². The zero-order valence-corrected chi connectivity index (χ0v) is 46.3. The Morgan fingerprint density at radius 2 is 0.957 bits per heavy atom. The van der Waals surface area contributed by atoms with E-state index >= 15 is 0 Å². The molecular formula is C65H78N2OSi. The summed E-state index contributed by atoms with van der Waals surface area (Å²) in [5.41, 5.74) is 18.2. The van der Waals surface area contributed by atoms with E-state index in [0.29, 0.717) is 0 Å². The van der Waals surface area contributed by atoms with Crippen molar-refractivity contribution in [2.75, 3.05) is 9.80 Å². The van der Waals surface area contributed by atoms with E-state index in [0.717, 1.165) is 41.1 Å². The zero-order valence-electron chi connectivity index (χ0n) is 45.3. The van der Waals surface area contributed by atoms with Crippen LogP contribution in [0, 0.1) is 6.92 Å². The lowest BCUT2D eigenvalue weighted by atomic mass is 9.70. The van der Waals surface area contributed by atoms with E-state index in [2.05, 4.69) is 255 Å². The van der Waals surface area contributed by atoms with Crippen molar-refractivity contribution in [3.8, 4) is 0 Å². The molecule has 0 fully saturated rings. The second-order valence-corrected chi connectivity index (χ2v) is 31.4. The average Bonchev–Trinajstić information content (AvgIpc) is 3.61. The first-order valence-corrected chi connectivity index (χ1v) is 29.0. The fraction of sp³-hybridized carbons (Fsp3) is 0.385. The fourth-order valence-electron chi connectivity index (χ4n) is 10.5. The molecule has 0 bridgehead atoms. The first kappa shape index (κ1) is 48.4. The standard InChI is InChI=1S/C65H78N2OSi/c1-41-19-22-47(23-20-41)66(50-36-43(61(2,3)4)34-44(37-50)62(5,6)7)49-26-29-54-56(40-49)68-57-33-42-21-30-55(53-31-32-65(14,15)60(58(42)53)59(54)57)67(48-24-27-52(28-25-48)69(16,17)18)51-38-45(63(8,9)10)35-46(39-51)64(11,12)13/h19-30,33-40H,31-32H2,1-18H3. The summed E-state index contributed by atoms with van der Waals surface area (Å²) in [6, 6.07) is 47.1. The SMILES string of the molecule is Cc1ccc(N(c2cc(C(C)(C)C)cc(C(C)(C)C)c2)c2ccc3c(c2)oc2cc4ccc(N(c5ccc([Si](C)(C)C)cc5)c5cc(C(C)(C)C)cc(C(C)(C)C)c5)c5c4c(c23)C(C)(C)CC5)cc1. The molecule has 4 heteroatoms. The van der Waals surface area contributed by atoms with Gasteiger partial charge in [-0.15, -0.1) is 0 Å². The fourth-order valence-corrected chi connectivity index (χ4v) is 11.7. The molecule has 0 amide bonds. The number of hydrogen-bond acceptors (Lipinski definition) is 3. The molecule has 69 heavy (non-hydrogen) atoms. The molecule has 358 valence electrons. The minimum atomic E-state index is -1.52. The maximum absolute atomic E-state index is 7.11. The Morgan fingerprint density at radius 1 is 0.478 bits per heavy atom. The molecule has 3 nitrogen and oxygen atoms in total. The molecule has 0 atom stereocenters. The van der Waals surface area contributed by atoms with Crippen LogP contribution in [-0.4, -0.2) is 8.07 Å². The molecule has 1 aliphatic rings. The van der Waals surface area contributed by atoms with E-state index in [9.17, 15) is 0 Å². The molecule has 0 N–H and O–H groups in total. The first-order chi connectivity index (χ1) is 32.0. The van der Waals surface area contributed by atoms with Crippen LogP contribution < -0.4 is 15.0 Å². The lowest BCUT2D eigenvalue weighted by Crippen LogP contribution is -2.37. The number of anilines is 6. The Kier molecular flexibility index (Phi) is 11.6. The number of furan rings is 1. The predicted octanol–water partition coefficient (Wildman–Crippen LogP) is 18.9. The van der Waals surface area contributed by atoms with Gasteiger partial charge in [-0.1, -0.05) is 170 Å². The average molecular weight is 931 g/mol. The van der Waals surface area contributed by atoms with E-state index in [1.165, 1.54) is 82.7 Å². The van der Waals surface area contributed by atoms with Crippen LogP contribution in [0.2, 0.25) is 19.6 Å². The van der Waals surface area contributed by atoms with Gasteiger partial charge in [0, 0.05) is 51.0 Å². The van der Waals surface area contributed by atoms with Crippen molar-refractivity contribution in [2.45, 2.75) is 163 Å². The van der Waals surface area contributed by atoms with Gasteiger partial charge >= 0.3 is 0 Å². The quantitative estimate of drug-likeness (QED) is 0.149. The molecule has 0 saturated carbocycles. The Balaban J connectivity index is 1.29. The van der Waals surface area contributed by atoms with Gasteiger partial charge in [0.2, 0.25) is 0 Å². The highest BCUT2D eigenvalue weighted by atomic mass is 28.3. The van der Waals surface area contributed by atoms with Gasteiger partial charge in [-0.25, -0.2) is 0 Å². The number of aryl methyl sites for hydroxylation is 2. The van der Waals surface area contributed by atoms with Crippen LogP contribution in [0.5, 0.6) is 0 Å². The molecular weight excluding hydrogens is 853 g/mol. The molecule has 0 aliphatic heterocycles. The zero-order chi connectivity index (χ0) is 50.0. The van der Waals surface area contributed by atoms with Gasteiger partial charge in [0.05, 0.1) is 8.07 Å². The Bertz CT molecular complexity index is 3190. The monoisotopic (exact) mass is 931 g/mol. The minimum absolute atomic E-state index is 0.0188. The Labute approximate surface area is 416 Å². The normalized spacial score (nSPS) is 14.5. The molecule has 0 spiro atoms. The molecule has 7 aromatic carbocycles. The second-order valence-electron chi connectivity index (χ2n) is 26.3. The highest BCUT2D eigenvalue weighted by molar-refractivity contribution is 6.88. The third-order valence-electron chi connectivity index (χ3n) is 15.1. The van der Waals surface area contributed by atoms with Gasteiger partial charge in [-0.05, 0) is 164 Å². The molecule has 1 aliphatic carbocycles. The van der Waals surface area contributed by atoms with Gasteiger partial charge in [-0.2, -0.15) is 0 Å². The molecule has 0 unspecified atom stereocenters. The van der Waals surface area contributed by atoms with Gasteiger partial charge in [0.15, 0.2) is 0 Å². The van der Waals surface area contributed by atoms with E-state index in [1.54, 1.807) is 0 Å². The van der Waals surface area contributed by atoms with Gasteiger partial charge < -0.3 is 14.2 Å². The molecule has 9 rings (SSSR count). The number of hydrogen-bond donors (Lipinski definition) is 0. The Morgan fingerprint density at radius 3 is 1.46 bits per heavy atom. The van der Waals surface area contributed by atoms with Crippen molar-refractivity contribution in [1.82, 2.24) is 0 Å². The lowest BCUT2D eigenvalue weighted by Gasteiger charge is -2.37. The maximum atomic E-state index is 7.11. The van der Waals surface area contributed by atoms with Crippen LogP contribution in [0.25, 0.3) is 32.7 Å². The van der Waals surface area contributed by atoms with E-state index in [-0.39, 0.29) is 27.1 Å². The first-order valence-electron chi connectivity index (χ1n) is 25.5. The smallest absolute Gasteiger partial charge is 0.137 e. The summed E-state index contributed by atoms with van der Waals surface area (Å²) < 4.78 is 7.11. The summed E-state index contributed by atoms with van der Waals surface area (Å²) in [6.07, 6.45) is 2.03. The summed E-state index contributed by atoms with van der Waals surface area (Å²) in [5, 5.41) is 6.51. The van der Waals surface area contributed by atoms with Crippen molar-refractivity contribution in [3.63, 3.8) is 0 Å². The van der Waals surface area contributed by atoms with Crippen molar-refractivity contribution in [1.29, 1.82) is 0 Å². The van der Waals surface area contributed by atoms with Crippen molar-refractivity contribution in [3.05, 3.63) is 160 Å². The number of rotatable bonds is 7. The van der Waals surface area contributed by atoms with Crippen LogP contribution in [0.4, 0.5) is 34.1 Å². The van der Waals surface area contributed by atoms with Crippen molar-refractivity contribution < 1.29 is 4.42 Å². The van der Waals surface area contributed by atoms with Crippen molar-refractivity contribution >= 4 is 80.1 Å². The lowest BCUT2D eigenvalue weighted by molar-refractivity contribution is 0.478. The van der Waals surface area contributed by atoms with Gasteiger partial charge in [-0.3, -0.25) is 0 Å². The molecule has 0 radical (unpaired) electrons. The van der Waals surface area contributed by atoms with Gasteiger partial charge in [0.1, 0.15) is 11.2 Å². The van der Waals surface area contributed by atoms with Crippen LogP contribution in [0.1, 0.15) is 142 Å². The van der Waals surface area contributed by atoms with Crippen LogP contribution >= 0.6 is 0 Å². The van der Waals surface area contributed by atoms with Crippen molar-refractivity contribution in [2.24, 2.45) is 0 Å². The summed E-state index contributed by atoms with van der Waals surface area (Å²) >= 11 is 0. The van der Waals surface area contributed by atoms with Crippen LogP contribution in [0.3, 0.4) is 0 Å². The minimum Gasteiger partial charge on any atom is -0.456 e. The number of benzene rings is 7. The number of nitrogens with zero attached hydrogens (tertiary/aromatic N) is 2. The summed E-state index contributed by atoms with van der Waals surface area (Å²) in [4.78, 5) is 5.01. The van der Waals surface area contributed by atoms with Crippen LogP contribution in [-0.2, 0) is 33.5 Å².